The first-order valence-electron chi connectivity index (χ1n) is 4.90. The van der Waals surface area contributed by atoms with Gasteiger partial charge in [0, 0.05) is 18.6 Å². The molecule has 1 aromatic rings. The summed E-state index contributed by atoms with van der Waals surface area (Å²) in [6.07, 6.45) is 4.65. The lowest BCUT2D eigenvalue weighted by Gasteiger charge is -2.01. The Morgan fingerprint density at radius 2 is 2.38 bits per heavy atom. The molecule has 2 rings (SSSR count). The second-order valence-corrected chi connectivity index (χ2v) is 3.94. The standard InChI is InChI=1S/C9H16N4/c1-7(2)13-6-9(11-12-13)5-10-8-3-4-8/h6-8,10H,3-5H2,1-2H3. The molecule has 1 aromatic heterocycles. The third kappa shape index (κ3) is 2.28. The highest BCUT2D eigenvalue weighted by atomic mass is 15.4. The van der Waals surface area contributed by atoms with E-state index in [1.807, 2.05) is 10.9 Å². The Morgan fingerprint density at radius 3 is 2.92 bits per heavy atom. The van der Waals surface area contributed by atoms with Crippen LogP contribution in [0, 0.1) is 0 Å². The molecule has 0 saturated heterocycles. The Kier molecular flexibility index (Phi) is 2.31. The van der Waals surface area contributed by atoms with Gasteiger partial charge in [0.25, 0.3) is 0 Å². The molecule has 0 radical (unpaired) electrons. The fraction of sp³-hybridized carbons (Fsp3) is 0.778. The number of nitrogens with one attached hydrogen (secondary N) is 1. The molecule has 1 saturated carbocycles. The number of rotatable bonds is 4. The highest BCUT2D eigenvalue weighted by Gasteiger charge is 2.20. The van der Waals surface area contributed by atoms with Crippen LogP contribution in [-0.2, 0) is 6.54 Å². The van der Waals surface area contributed by atoms with Gasteiger partial charge in [-0.3, -0.25) is 0 Å². The number of hydrogen-bond acceptors (Lipinski definition) is 3. The van der Waals surface area contributed by atoms with Gasteiger partial charge in [-0.15, -0.1) is 5.10 Å². The van der Waals surface area contributed by atoms with E-state index < -0.39 is 0 Å². The summed E-state index contributed by atoms with van der Waals surface area (Å²) in [5, 5.41) is 11.5. The largest absolute Gasteiger partial charge is 0.308 e. The topological polar surface area (TPSA) is 42.7 Å². The van der Waals surface area contributed by atoms with E-state index in [9.17, 15) is 0 Å². The highest BCUT2D eigenvalue weighted by Crippen LogP contribution is 2.18. The second kappa shape index (κ2) is 3.46. The second-order valence-electron chi connectivity index (χ2n) is 3.94. The fourth-order valence-electron chi connectivity index (χ4n) is 1.18. The molecule has 4 heteroatoms. The van der Waals surface area contributed by atoms with Crippen LogP contribution in [0.4, 0.5) is 0 Å². The van der Waals surface area contributed by atoms with Gasteiger partial charge in [-0.25, -0.2) is 4.68 Å². The Morgan fingerprint density at radius 1 is 1.62 bits per heavy atom. The Hall–Kier alpha value is -0.900. The van der Waals surface area contributed by atoms with E-state index in [-0.39, 0.29) is 0 Å². The van der Waals surface area contributed by atoms with Crippen molar-refractivity contribution >= 4 is 0 Å². The summed E-state index contributed by atoms with van der Waals surface area (Å²) < 4.78 is 1.89. The lowest BCUT2D eigenvalue weighted by atomic mass is 10.4. The van der Waals surface area contributed by atoms with Crippen LogP contribution in [0.1, 0.15) is 38.4 Å². The first kappa shape index (κ1) is 8.69. The molecule has 1 aliphatic carbocycles. The van der Waals surface area contributed by atoms with Crippen LogP contribution in [0.15, 0.2) is 6.20 Å². The van der Waals surface area contributed by atoms with Gasteiger partial charge >= 0.3 is 0 Å². The van der Waals surface area contributed by atoms with E-state index in [0.29, 0.717) is 6.04 Å². The summed E-state index contributed by atoms with van der Waals surface area (Å²) in [7, 11) is 0. The number of hydrogen-bond donors (Lipinski definition) is 1. The van der Waals surface area contributed by atoms with Gasteiger partial charge < -0.3 is 5.32 Å². The molecule has 1 N–H and O–H groups in total. The molecular weight excluding hydrogens is 164 g/mol. The van der Waals surface area contributed by atoms with Crippen molar-refractivity contribution in [2.75, 3.05) is 0 Å². The zero-order valence-electron chi connectivity index (χ0n) is 8.20. The van der Waals surface area contributed by atoms with Gasteiger partial charge in [0.05, 0.1) is 11.9 Å². The summed E-state index contributed by atoms with van der Waals surface area (Å²) in [6, 6.07) is 1.14. The highest BCUT2D eigenvalue weighted by molar-refractivity contribution is 4.94. The molecule has 13 heavy (non-hydrogen) atoms. The summed E-state index contributed by atoms with van der Waals surface area (Å²) in [5.41, 5.74) is 1.04. The summed E-state index contributed by atoms with van der Waals surface area (Å²) in [4.78, 5) is 0. The number of aromatic nitrogens is 3. The van der Waals surface area contributed by atoms with Crippen LogP contribution in [0.5, 0.6) is 0 Å². The van der Waals surface area contributed by atoms with Crippen molar-refractivity contribution < 1.29 is 0 Å². The molecule has 0 amide bonds. The zero-order chi connectivity index (χ0) is 9.26. The quantitative estimate of drug-likeness (QED) is 0.754. The van der Waals surface area contributed by atoms with Gasteiger partial charge in [0.15, 0.2) is 0 Å². The molecular formula is C9H16N4. The molecule has 72 valence electrons. The van der Waals surface area contributed by atoms with E-state index in [0.717, 1.165) is 18.3 Å². The Balaban J connectivity index is 1.88. The van der Waals surface area contributed by atoms with E-state index in [4.69, 9.17) is 0 Å². The van der Waals surface area contributed by atoms with Crippen molar-refractivity contribution in [3.05, 3.63) is 11.9 Å². The van der Waals surface area contributed by atoms with Crippen LogP contribution in [0.2, 0.25) is 0 Å². The molecule has 1 fully saturated rings. The molecule has 0 atom stereocenters. The molecule has 0 unspecified atom stereocenters. The van der Waals surface area contributed by atoms with Gasteiger partial charge in [-0.05, 0) is 26.7 Å². The average molecular weight is 180 g/mol. The molecule has 0 aliphatic heterocycles. The third-order valence-corrected chi connectivity index (χ3v) is 2.24. The van der Waals surface area contributed by atoms with Crippen LogP contribution < -0.4 is 5.32 Å². The van der Waals surface area contributed by atoms with Gasteiger partial charge in [0.2, 0.25) is 0 Å². The zero-order valence-corrected chi connectivity index (χ0v) is 8.20. The smallest absolute Gasteiger partial charge is 0.0965 e. The predicted octanol–water partition coefficient (Wildman–Crippen LogP) is 1.11. The maximum atomic E-state index is 4.09. The monoisotopic (exact) mass is 180 g/mol. The van der Waals surface area contributed by atoms with E-state index in [2.05, 4.69) is 29.5 Å². The van der Waals surface area contributed by atoms with Crippen molar-refractivity contribution in [2.45, 2.75) is 45.3 Å². The first-order valence-corrected chi connectivity index (χ1v) is 4.90. The molecule has 0 aromatic carbocycles. The minimum absolute atomic E-state index is 0.405. The predicted molar refractivity (Wildman–Crippen MR) is 50.3 cm³/mol. The molecule has 0 bridgehead atoms. The van der Waals surface area contributed by atoms with Gasteiger partial charge in [0.1, 0.15) is 0 Å². The summed E-state index contributed by atoms with van der Waals surface area (Å²) in [5.74, 6) is 0. The van der Waals surface area contributed by atoms with Gasteiger partial charge in [-0.1, -0.05) is 5.21 Å². The van der Waals surface area contributed by atoms with Crippen LogP contribution in [-0.4, -0.2) is 21.0 Å². The van der Waals surface area contributed by atoms with Crippen molar-refractivity contribution in [1.82, 2.24) is 20.3 Å². The van der Waals surface area contributed by atoms with Crippen LogP contribution >= 0.6 is 0 Å². The summed E-state index contributed by atoms with van der Waals surface area (Å²) >= 11 is 0. The fourth-order valence-corrected chi connectivity index (χ4v) is 1.18. The summed E-state index contributed by atoms with van der Waals surface area (Å²) in [6.45, 7) is 5.07. The number of nitrogens with zero attached hydrogens (tertiary/aromatic N) is 3. The maximum absolute atomic E-state index is 4.09. The SMILES string of the molecule is CC(C)n1cc(CNC2CC2)nn1. The van der Waals surface area contributed by atoms with E-state index in [1.54, 1.807) is 0 Å². The Labute approximate surface area is 78.3 Å². The normalized spacial score (nSPS) is 16.8. The average Bonchev–Trinajstić information content (AvgIpc) is 2.79. The van der Waals surface area contributed by atoms with Gasteiger partial charge in [-0.2, -0.15) is 0 Å². The first-order chi connectivity index (χ1) is 6.25. The van der Waals surface area contributed by atoms with Crippen molar-refractivity contribution in [3.8, 4) is 0 Å². The van der Waals surface area contributed by atoms with Crippen molar-refractivity contribution in [2.24, 2.45) is 0 Å². The molecule has 1 heterocycles. The third-order valence-electron chi connectivity index (χ3n) is 2.24. The van der Waals surface area contributed by atoms with Crippen LogP contribution in [0.3, 0.4) is 0 Å². The molecule has 1 aliphatic rings. The van der Waals surface area contributed by atoms with E-state index >= 15 is 0 Å². The lowest BCUT2D eigenvalue weighted by molar-refractivity contribution is 0.514. The van der Waals surface area contributed by atoms with Crippen LogP contribution in [0.25, 0.3) is 0 Å². The van der Waals surface area contributed by atoms with Crippen molar-refractivity contribution in [1.29, 1.82) is 0 Å². The molecule has 4 nitrogen and oxygen atoms in total. The Bertz CT molecular complexity index is 275. The van der Waals surface area contributed by atoms with E-state index in [1.165, 1.54) is 12.8 Å². The lowest BCUT2D eigenvalue weighted by Crippen LogP contribution is -2.15. The minimum Gasteiger partial charge on any atom is -0.308 e. The minimum atomic E-state index is 0.405. The van der Waals surface area contributed by atoms with Crippen molar-refractivity contribution in [3.63, 3.8) is 0 Å². The maximum Gasteiger partial charge on any atom is 0.0965 e. The molecule has 0 spiro atoms.